The number of benzene rings is 1. The summed E-state index contributed by atoms with van der Waals surface area (Å²) >= 11 is 1.45. The van der Waals surface area contributed by atoms with Gasteiger partial charge in [0.15, 0.2) is 21.3 Å². The topological polar surface area (TPSA) is 72.9 Å². The SMILES string of the molecule is COc1ccc(CC(=O)N2CCC(c3cccs3)S(=O)(=O)CC2)cc1OC. The van der Waals surface area contributed by atoms with Crippen LogP contribution in [0.3, 0.4) is 0 Å². The molecule has 1 aromatic carbocycles. The summed E-state index contributed by atoms with van der Waals surface area (Å²) in [7, 11) is -0.153. The molecule has 1 atom stereocenters. The van der Waals surface area contributed by atoms with E-state index in [2.05, 4.69) is 0 Å². The summed E-state index contributed by atoms with van der Waals surface area (Å²) in [6, 6.07) is 9.08. The Hall–Kier alpha value is -2.06. The van der Waals surface area contributed by atoms with E-state index in [-0.39, 0.29) is 24.6 Å². The average Bonchev–Trinajstić information content (AvgIpc) is 3.12. The van der Waals surface area contributed by atoms with Crippen LogP contribution in [-0.2, 0) is 21.1 Å². The number of carbonyl (C=O) groups is 1. The molecule has 1 aliphatic rings. The molecule has 1 unspecified atom stereocenters. The first-order chi connectivity index (χ1) is 12.9. The fraction of sp³-hybridized carbons (Fsp3) is 0.421. The molecule has 8 heteroatoms. The predicted octanol–water partition coefficient (Wildman–Crippen LogP) is 2.70. The second kappa shape index (κ2) is 8.31. The zero-order valence-corrected chi connectivity index (χ0v) is 17.0. The highest BCUT2D eigenvalue weighted by Crippen LogP contribution is 2.33. The van der Waals surface area contributed by atoms with Gasteiger partial charge < -0.3 is 14.4 Å². The second-order valence-corrected chi connectivity index (χ2v) is 9.69. The molecule has 6 nitrogen and oxygen atoms in total. The van der Waals surface area contributed by atoms with E-state index in [1.54, 1.807) is 31.3 Å². The molecule has 1 aliphatic heterocycles. The first-order valence-corrected chi connectivity index (χ1v) is 11.3. The largest absolute Gasteiger partial charge is 0.493 e. The number of thiophene rings is 1. The van der Waals surface area contributed by atoms with Crippen LogP contribution in [0, 0.1) is 0 Å². The third-order valence-corrected chi connectivity index (χ3v) is 8.00. The van der Waals surface area contributed by atoms with Crippen LogP contribution < -0.4 is 9.47 Å². The lowest BCUT2D eigenvalue weighted by molar-refractivity contribution is -0.130. The molecule has 0 radical (unpaired) electrons. The van der Waals surface area contributed by atoms with E-state index in [0.717, 1.165) is 10.4 Å². The van der Waals surface area contributed by atoms with Gasteiger partial charge in [0, 0.05) is 18.0 Å². The molecule has 2 aromatic rings. The zero-order chi connectivity index (χ0) is 19.4. The highest BCUT2D eigenvalue weighted by molar-refractivity contribution is 7.91. The van der Waals surface area contributed by atoms with Crippen molar-refractivity contribution in [2.45, 2.75) is 18.1 Å². The van der Waals surface area contributed by atoms with Crippen LogP contribution in [0.25, 0.3) is 0 Å². The summed E-state index contributed by atoms with van der Waals surface area (Å²) in [6.07, 6.45) is 0.630. The number of amides is 1. The lowest BCUT2D eigenvalue weighted by Crippen LogP contribution is -2.34. The van der Waals surface area contributed by atoms with Gasteiger partial charge in [-0.05, 0) is 35.6 Å². The van der Waals surface area contributed by atoms with Crippen molar-refractivity contribution in [3.05, 3.63) is 46.2 Å². The van der Waals surface area contributed by atoms with Crippen LogP contribution in [0.2, 0.25) is 0 Å². The number of nitrogens with zero attached hydrogens (tertiary/aromatic N) is 1. The Morgan fingerprint density at radius 2 is 1.96 bits per heavy atom. The lowest BCUT2D eigenvalue weighted by Gasteiger charge is -2.20. The molecule has 1 amide bonds. The molecule has 146 valence electrons. The number of sulfone groups is 1. The molecule has 3 rings (SSSR count). The zero-order valence-electron chi connectivity index (χ0n) is 15.4. The van der Waals surface area contributed by atoms with Gasteiger partial charge in [0.25, 0.3) is 0 Å². The van der Waals surface area contributed by atoms with Crippen molar-refractivity contribution in [3.8, 4) is 11.5 Å². The number of ether oxygens (including phenoxy) is 2. The lowest BCUT2D eigenvalue weighted by atomic mass is 10.1. The second-order valence-electron chi connectivity index (χ2n) is 6.41. The van der Waals surface area contributed by atoms with Crippen LogP contribution in [0.15, 0.2) is 35.7 Å². The molecule has 1 saturated heterocycles. The molecule has 0 spiro atoms. The van der Waals surface area contributed by atoms with Gasteiger partial charge in [0.1, 0.15) is 0 Å². The summed E-state index contributed by atoms with van der Waals surface area (Å²) in [5.41, 5.74) is 0.805. The van der Waals surface area contributed by atoms with Gasteiger partial charge in [-0.15, -0.1) is 11.3 Å². The highest BCUT2D eigenvalue weighted by Gasteiger charge is 2.33. The maximum Gasteiger partial charge on any atom is 0.227 e. The number of hydrogen-bond acceptors (Lipinski definition) is 6. The number of rotatable bonds is 5. The average molecular weight is 410 g/mol. The monoisotopic (exact) mass is 409 g/mol. The van der Waals surface area contributed by atoms with Gasteiger partial charge in [0.2, 0.25) is 5.91 Å². The van der Waals surface area contributed by atoms with Crippen LogP contribution >= 0.6 is 11.3 Å². The molecule has 1 aromatic heterocycles. The number of hydrogen-bond donors (Lipinski definition) is 0. The summed E-state index contributed by atoms with van der Waals surface area (Å²) in [4.78, 5) is 15.2. The van der Waals surface area contributed by atoms with E-state index in [1.807, 2.05) is 23.6 Å². The molecule has 0 aliphatic carbocycles. The Balaban J connectivity index is 1.71. The quantitative estimate of drug-likeness (QED) is 0.759. The Kier molecular flexibility index (Phi) is 6.06. The normalized spacial score (nSPS) is 19.3. The Morgan fingerprint density at radius 3 is 2.63 bits per heavy atom. The molecule has 2 heterocycles. The summed E-state index contributed by atoms with van der Waals surface area (Å²) < 4.78 is 35.7. The van der Waals surface area contributed by atoms with Crippen LogP contribution in [-0.4, -0.2) is 52.3 Å². The van der Waals surface area contributed by atoms with Gasteiger partial charge >= 0.3 is 0 Å². The third-order valence-electron chi connectivity index (χ3n) is 4.76. The fourth-order valence-electron chi connectivity index (χ4n) is 3.26. The Labute approximate surface area is 163 Å². The van der Waals surface area contributed by atoms with Crippen molar-refractivity contribution >= 4 is 27.1 Å². The van der Waals surface area contributed by atoms with E-state index in [1.165, 1.54) is 11.3 Å². The highest BCUT2D eigenvalue weighted by atomic mass is 32.2. The summed E-state index contributed by atoms with van der Waals surface area (Å²) in [6.45, 7) is 0.671. The number of methoxy groups -OCH3 is 2. The molecule has 0 N–H and O–H groups in total. The van der Waals surface area contributed by atoms with Crippen molar-refractivity contribution in [1.82, 2.24) is 4.90 Å². The van der Waals surface area contributed by atoms with E-state index >= 15 is 0 Å². The minimum atomic E-state index is -3.26. The molecule has 0 bridgehead atoms. The predicted molar refractivity (Wildman–Crippen MR) is 105 cm³/mol. The molecule has 0 saturated carbocycles. The van der Waals surface area contributed by atoms with E-state index in [0.29, 0.717) is 24.5 Å². The van der Waals surface area contributed by atoms with Crippen molar-refractivity contribution in [2.24, 2.45) is 0 Å². The van der Waals surface area contributed by atoms with Crippen LogP contribution in [0.4, 0.5) is 0 Å². The van der Waals surface area contributed by atoms with E-state index < -0.39 is 15.1 Å². The molecule has 27 heavy (non-hydrogen) atoms. The minimum absolute atomic E-state index is 0.00671. The molecule has 1 fully saturated rings. The van der Waals surface area contributed by atoms with Crippen molar-refractivity contribution in [1.29, 1.82) is 0 Å². The van der Waals surface area contributed by atoms with Crippen molar-refractivity contribution in [2.75, 3.05) is 33.1 Å². The van der Waals surface area contributed by atoms with E-state index in [4.69, 9.17) is 9.47 Å². The summed E-state index contributed by atoms with van der Waals surface area (Å²) in [5, 5.41) is 1.37. The third kappa shape index (κ3) is 4.44. The maximum atomic E-state index is 12.7. The van der Waals surface area contributed by atoms with Gasteiger partial charge in [-0.25, -0.2) is 8.42 Å². The smallest absolute Gasteiger partial charge is 0.227 e. The van der Waals surface area contributed by atoms with Crippen molar-refractivity contribution in [3.63, 3.8) is 0 Å². The Morgan fingerprint density at radius 1 is 1.19 bits per heavy atom. The molecular weight excluding hydrogens is 386 g/mol. The van der Waals surface area contributed by atoms with Gasteiger partial charge in [-0.3, -0.25) is 4.79 Å². The summed E-state index contributed by atoms with van der Waals surface area (Å²) in [5.74, 6) is 1.09. The Bertz CT molecular complexity index is 893. The fourth-order valence-corrected chi connectivity index (χ4v) is 6.27. The van der Waals surface area contributed by atoms with Crippen LogP contribution in [0.5, 0.6) is 11.5 Å². The molecular formula is C19H23NO5S2. The van der Waals surface area contributed by atoms with Gasteiger partial charge in [0.05, 0.1) is 31.6 Å². The van der Waals surface area contributed by atoms with Gasteiger partial charge in [-0.2, -0.15) is 0 Å². The number of carbonyl (C=O) groups excluding carboxylic acids is 1. The first kappa shape index (κ1) is 19.7. The maximum absolute atomic E-state index is 12.7. The van der Waals surface area contributed by atoms with Gasteiger partial charge in [-0.1, -0.05) is 12.1 Å². The van der Waals surface area contributed by atoms with E-state index in [9.17, 15) is 13.2 Å². The first-order valence-electron chi connectivity index (χ1n) is 8.68. The van der Waals surface area contributed by atoms with Crippen LogP contribution in [0.1, 0.15) is 22.1 Å². The minimum Gasteiger partial charge on any atom is -0.493 e. The standard InChI is InChI=1S/C19H23NO5S2/c1-24-15-6-5-14(12-16(15)25-2)13-19(21)20-8-7-18(17-4-3-10-26-17)27(22,23)11-9-20/h3-6,10,12,18H,7-9,11,13H2,1-2H3. The van der Waals surface area contributed by atoms with Crippen molar-refractivity contribution < 1.29 is 22.7 Å².